The van der Waals surface area contributed by atoms with E-state index in [1.165, 1.54) is 18.9 Å². The molecule has 1 amide bonds. The molecule has 1 aliphatic rings. The number of primary amides is 1. The Labute approximate surface area is 113 Å². The second kappa shape index (κ2) is 6.55. The lowest BCUT2D eigenvalue weighted by atomic mass is 9.91. The summed E-state index contributed by atoms with van der Waals surface area (Å²) in [5.74, 6) is -0.530. The van der Waals surface area contributed by atoms with Gasteiger partial charge in [0.2, 0.25) is 5.91 Å². The lowest BCUT2D eigenvalue weighted by molar-refractivity contribution is -0.119. The first kappa shape index (κ1) is 13.8. The molecule has 0 aromatic heterocycles. The molecule has 0 heterocycles. The summed E-state index contributed by atoms with van der Waals surface area (Å²) in [6.45, 7) is 0. The van der Waals surface area contributed by atoms with Gasteiger partial charge in [-0.3, -0.25) is 4.79 Å². The van der Waals surface area contributed by atoms with E-state index in [1.54, 1.807) is 18.2 Å². The van der Waals surface area contributed by atoms with Gasteiger partial charge in [0.1, 0.15) is 11.9 Å². The molecule has 3 nitrogen and oxygen atoms in total. The molecular weight excluding hydrogens is 243 g/mol. The number of hydrogen-bond donors (Lipinski definition) is 2. The predicted molar refractivity (Wildman–Crippen MR) is 74.2 cm³/mol. The summed E-state index contributed by atoms with van der Waals surface area (Å²) in [6, 6.07) is 5.92. The summed E-state index contributed by atoms with van der Waals surface area (Å²) in [7, 11) is 0. The lowest BCUT2D eigenvalue weighted by Gasteiger charge is -2.25. The maximum atomic E-state index is 13.6. The Bertz CT molecular complexity index is 428. The number of benzene rings is 1. The van der Waals surface area contributed by atoms with E-state index in [-0.39, 0.29) is 11.7 Å². The Balaban J connectivity index is 2.11. The van der Waals surface area contributed by atoms with Crippen molar-refractivity contribution in [2.75, 3.05) is 5.32 Å². The highest BCUT2D eigenvalue weighted by atomic mass is 19.1. The van der Waals surface area contributed by atoms with E-state index in [9.17, 15) is 9.18 Å². The third-order valence-electron chi connectivity index (χ3n) is 3.86. The van der Waals surface area contributed by atoms with Crippen LogP contribution in [0, 0.1) is 11.7 Å². The van der Waals surface area contributed by atoms with Gasteiger partial charge in [0, 0.05) is 0 Å². The number of anilines is 1. The van der Waals surface area contributed by atoms with Crippen LogP contribution in [-0.2, 0) is 4.79 Å². The van der Waals surface area contributed by atoms with Crippen LogP contribution in [0.1, 0.15) is 38.5 Å². The highest BCUT2D eigenvalue weighted by molar-refractivity contribution is 5.83. The quantitative estimate of drug-likeness (QED) is 0.821. The third-order valence-corrected chi connectivity index (χ3v) is 3.86. The van der Waals surface area contributed by atoms with E-state index >= 15 is 0 Å². The van der Waals surface area contributed by atoms with E-state index in [1.807, 2.05) is 0 Å². The maximum Gasteiger partial charge on any atom is 0.240 e. The molecule has 0 aliphatic heterocycles. The van der Waals surface area contributed by atoms with E-state index in [0.29, 0.717) is 5.69 Å². The molecule has 0 radical (unpaired) electrons. The second-order valence-electron chi connectivity index (χ2n) is 5.26. The topological polar surface area (TPSA) is 55.1 Å². The van der Waals surface area contributed by atoms with Crippen LogP contribution >= 0.6 is 0 Å². The van der Waals surface area contributed by atoms with Gasteiger partial charge < -0.3 is 11.1 Å². The van der Waals surface area contributed by atoms with Crippen LogP contribution in [0.25, 0.3) is 0 Å². The SMILES string of the molecule is NC(=O)C(Nc1ccccc1F)C1CCCCCC1. The zero-order valence-corrected chi connectivity index (χ0v) is 11.1. The number of hydrogen-bond acceptors (Lipinski definition) is 2. The average Bonchev–Trinajstić information content (AvgIpc) is 2.66. The van der Waals surface area contributed by atoms with Crippen LogP contribution in [-0.4, -0.2) is 11.9 Å². The molecule has 1 fully saturated rings. The molecule has 1 saturated carbocycles. The van der Waals surface area contributed by atoms with Crippen molar-refractivity contribution in [2.45, 2.75) is 44.6 Å². The molecule has 0 saturated heterocycles. The standard InChI is InChI=1S/C15H21FN2O/c16-12-9-5-6-10-13(12)18-14(15(17)19)11-7-3-1-2-4-8-11/h5-6,9-11,14,18H,1-4,7-8H2,(H2,17,19). The van der Waals surface area contributed by atoms with E-state index in [4.69, 9.17) is 5.73 Å². The fourth-order valence-electron chi connectivity index (χ4n) is 2.81. The fraction of sp³-hybridized carbons (Fsp3) is 0.533. The van der Waals surface area contributed by atoms with Gasteiger partial charge in [-0.2, -0.15) is 0 Å². The Hall–Kier alpha value is -1.58. The second-order valence-corrected chi connectivity index (χ2v) is 5.26. The number of nitrogens with two attached hydrogens (primary N) is 1. The minimum absolute atomic E-state index is 0.208. The van der Waals surface area contributed by atoms with Crippen LogP contribution in [0.5, 0.6) is 0 Å². The van der Waals surface area contributed by atoms with Gasteiger partial charge in [-0.05, 0) is 30.9 Å². The van der Waals surface area contributed by atoms with Crippen molar-refractivity contribution in [1.29, 1.82) is 0 Å². The van der Waals surface area contributed by atoms with Crippen molar-refractivity contribution in [3.05, 3.63) is 30.1 Å². The van der Waals surface area contributed by atoms with Crippen molar-refractivity contribution < 1.29 is 9.18 Å². The van der Waals surface area contributed by atoms with Gasteiger partial charge in [-0.25, -0.2) is 4.39 Å². The van der Waals surface area contributed by atoms with Crippen LogP contribution in [0.4, 0.5) is 10.1 Å². The highest BCUT2D eigenvalue weighted by Crippen LogP contribution is 2.27. The van der Waals surface area contributed by atoms with Crippen molar-refractivity contribution in [2.24, 2.45) is 11.7 Å². The summed E-state index contributed by atoms with van der Waals surface area (Å²) in [5, 5.41) is 2.99. The van der Waals surface area contributed by atoms with Crippen LogP contribution in [0.3, 0.4) is 0 Å². The van der Waals surface area contributed by atoms with Crippen LogP contribution in [0.2, 0.25) is 0 Å². The zero-order chi connectivity index (χ0) is 13.7. The molecule has 4 heteroatoms. The number of para-hydroxylation sites is 1. The molecule has 2 rings (SSSR count). The number of halogens is 1. The molecule has 1 unspecified atom stereocenters. The predicted octanol–water partition coefficient (Wildman–Crippen LogP) is 3.06. The minimum atomic E-state index is -0.477. The van der Waals surface area contributed by atoms with Crippen molar-refractivity contribution >= 4 is 11.6 Å². The smallest absolute Gasteiger partial charge is 0.240 e. The number of amides is 1. The van der Waals surface area contributed by atoms with Crippen molar-refractivity contribution in [1.82, 2.24) is 0 Å². The average molecular weight is 264 g/mol. The van der Waals surface area contributed by atoms with Gasteiger partial charge in [0.05, 0.1) is 5.69 Å². The van der Waals surface area contributed by atoms with Crippen molar-refractivity contribution in [3.63, 3.8) is 0 Å². The molecule has 1 atom stereocenters. The van der Waals surface area contributed by atoms with Gasteiger partial charge in [0.25, 0.3) is 0 Å². The minimum Gasteiger partial charge on any atom is -0.371 e. The maximum absolute atomic E-state index is 13.6. The third kappa shape index (κ3) is 3.69. The summed E-state index contributed by atoms with van der Waals surface area (Å²) in [4.78, 5) is 11.7. The summed E-state index contributed by atoms with van der Waals surface area (Å²) < 4.78 is 13.6. The van der Waals surface area contributed by atoms with Gasteiger partial charge in [-0.15, -0.1) is 0 Å². The molecule has 104 valence electrons. The number of carbonyl (C=O) groups excluding carboxylic acids is 1. The Morgan fingerprint density at radius 2 is 1.84 bits per heavy atom. The van der Waals surface area contributed by atoms with E-state index in [2.05, 4.69) is 5.32 Å². The largest absolute Gasteiger partial charge is 0.371 e. The first-order valence-corrected chi connectivity index (χ1v) is 6.99. The normalized spacial score (nSPS) is 18.6. The highest BCUT2D eigenvalue weighted by Gasteiger charge is 2.27. The van der Waals surface area contributed by atoms with E-state index < -0.39 is 11.9 Å². The summed E-state index contributed by atoms with van der Waals surface area (Å²) in [5.41, 5.74) is 5.85. The van der Waals surface area contributed by atoms with Crippen molar-refractivity contribution in [3.8, 4) is 0 Å². The first-order chi connectivity index (χ1) is 9.18. The van der Waals surface area contributed by atoms with E-state index in [0.717, 1.165) is 25.7 Å². The fourth-order valence-corrected chi connectivity index (χ4v) is 2.81. The molecule has 3 N–H and O–H groups in total. The Morgan fingerprint density at radius 1 is 1.21 bits per heavy atom. The van der Waals surface area contributed by atoms with Crippen LogP contribution < -0.4 is 11.1 Å². The number of rotatable bonds is 4. The monoisotopic (exact) mass is 264 g/mol. The van der Waals surface area contributed by atoms with Gasteiger partial charge in [-0.1, -0.05) is 37.8 Å². The Morgan fingerprint density at radius 3 is 2.42 bits per heavy atom. The molecule has 0 bridgehead atoms. The number of nitrogens with one attached hydrogen (secondary N) is 1. The molecule has 0 spiro atoms. The number of carbonyl (C=O) groups is 1. The summed E-state index contributed by atoms with van der Waals surface area (Å²) >= 11 is 0. The van der Waals surface area contributed by atoms with Gasteiger partial charge in [0.15, 0.2) is 0 Å². The Kier molecular flexibility index (Phi) is 4.77. The lowest BCUT2D eigenvalue weighted by Crippen LogP contribution is -2.41. The zero-order valence-electron chi connectivity index (χ0n) is 11.1. The molecule has 1 aromatic carbocycles. The molecule has 1 aromatic rings. The molecule has 19 heavy (non-hydrogen) atoms. The molecule has 1 aliphatic carbocycles. The summed E-state index contributed by atoms with van der Waals surface area (Å²) in [6.07, 6.45) is 6.62. The molecular formula is C15H21FN2O. The first-order valence-electron chi connectivity index (χ1n) is 6.99. The van der Waals surface area contributed by atoms with Gasteiger partial charge >= 0.3 is 0 Å². The van der Waals surface area contributed by atoms with Crippen LogP contribution in [0.15, 0.2) is 24.3 Å².